The molecule has 0 radical (unpaired) electrons. The summed E-state index contributed by atoms with van der Waals surface area (Å²) in [5.74, 6) is -0.257. The number of hydrogen-bond donors (Lipinski definition) is 2. The van der Waals surface area contributed by atoms with Gasteiger partial charge in [-0.25, -0.2) is 4.98 Å². The van der Waals surface area contributed by atoms with Gasteiger partial charge < -0.3 is 14.9 Å². The molecule has 2 aromatic carbocycles. The van der Waals surface area contributed by atoms with E-state index in [1.165, 1.54) is 7.11 Å². The molecule has 4 nitrogen and oxygen atoms in total. The Morgan fingerprint density at radius 1 is 1.00 bits per heavy atom. The quantitative estimate of drug-likeness (QED) is 0.508. The number of hydrogen-bond acceptors (Lipinski definition) is 4. The van der Waals surface area contributed by atoms with Crippen LogP contribution in [-0.4, -0.2) is 22.3 Å². The predicted octanol–water partition coefficient (Wildman–Crippen LogP) is 2.81. The van der Waals surface area contributed by atoms with Gasteiger partial charge in [-0.2, -0.15) is 0 Å². The number of aromatic hydroxyl groups is 2. The Hall–Kier alpha value is -2.49. The minimum absolute atomic E-state index is 0.206. The summed E-state index contributed by atoms with van der Waals surface area (Å²) in [7, 11) is 1.43. The van der Waals surface area contributed by atoms with Crippen LogP contribution in [0.1, 0.15) is 0 Å². The third kappa shape index (κ3) is 1.43. The van der Waals surface area contributed by atoms with Crippen molar-refractivity contribution in [3.05, 3.63) is 36.4 Å². The number of phenolic OH excluding ortho intramolecular Hbond substituents is 2. The Balaban J connectivity index is 2.46. The second kappa shape index (κ2) is 3.77. The minimum Gasteiger partial charge on any atom is -0.504 e. The van der Waals surface area contributed by atoms with Gasteiger partial charge in [-0.05, 0) is 12.1 Å². The van der Waals surface area contributed by atoms with Gasteiger partial charge in [0.1, 0.15) is 0 Å². The molecule has 0 saturated heterocycles. The molecule has 3 rings (SSSR count). The molecule has 0 unspecified atom stereocenters. The minimum atomic E-state index is -0.262. The van der Waals surface area contributed by atoms with E-state index in [1.807, 2.05) is 24.3 Å². The standard InChI is InChI=1S/C14H11NO3/c1-18-12-7-11-9(13(16)14(12)17)6-8-4-2-3-5-10(8)15-11/h2-7,16-17H,1H3. The second-order valence-corrected chi connectivity index (χ2v) is 4.02. The maximum absolute atomic E-state index is 9.96. The molecule has 90 valence electrons. The number of fused-ring (bicyclic) bond motifs is 2. The number of methoxy groups -OCH3 is 1. The highest BCUT2D eigenvalue weighted by atomic mass is 16.5. The third-order valence-electron chi connectivity index (χ3n) is 2.95. The molecule has 0 aliphatic rings. The summed E-state index contributed by atoms with van der Waals surface area (Å²) >= 11 is 0. The van der Waals surface area contributed by atoms with Crippen LogP contribution in [0.25, 0.3) is 21.8 Å². The lowest BCUT2D eigenvalue weighted by Gasteiger charge is -2.09. The Morgan fingerprint density at radius 3 is 2.56 bits per heavy atom. The van der Waals surface area contributed by atoms with E-state index in [2.05, 4.69) is 4.98 Å². The number of phenols is 2. The lowest BCUT2D eigenvalue weighted by Crippen LogP contribution is -1.88. The molecule has 0 amide bonds. The fourth-order valence-corrected chi connectivity index (χ4v) is 2.02. The van der Waals surface area contributed by atoms with Crippen molar-refractivity contribution in [1.82, 2.24) is 4.98 Å². The summed E-state index contributed by atoms with van der Waals surface area (Å²) in [6, 6.07) is 11.0. The Bertz CT molecular complexity index is 753. The van der Waals surface area contributed by atoms with Gasteiger partial charge in [0.05, 0.1) is 18.1 Å². The summed E-state index contributed by atoms with van der Waals surface area (Å²) in [6.45, 7) is 0. The van der Waals surface area contributed by atoms with E-state index in [9.17, 15) is 10.2 Å². The van der Waals surface area contributed by atoms with Crippen molar-refractivity contribution in [2.45, 2.75) is 0 Å². The first-order valence-corrected chi connectivity index (χ1v) is 5.49. The van der Waals surface area contributed by atoms with Crippen molar-refractivity contribution in [3.8, 4) is 17.2 Å². The summed E-state index contributed by atoms with van der Waals surface area (Å²) < 4.78 is 5.00. The van der Waals surface area contributed by atoms with Crippen LogP contribution in [0.15, 0.2) is 36.4 Å². The van der Waals surface area contributed by atoms with Gasteiger partial charge in [-0.3, -0.25) is 0 Å². The van der Waals surface area contributed by atoms with Crippen LogP contribution in [0, 0.1) is 0 Å². The average Bonchev–Trinajstić information content (AvgIpc) is 2.41. The lowest BCUT2D eigenvalue weighted by atomic mass is 10.1. The highest BCUT2D eigenvalue weighted by molar-refractivity contribution is 5.98. The van der Waals surface area contributed by atoms with Gasteiger partial charge in [0, 0.05) is 16.8 Å². The molecule has 1 heterocycles. The second-order valence-electron chi connectivity index (χ2n) is 4.02. The number of para-hydroxylation sites is 1. The Labute approximate surface area is 103 Å². The van der Waals surface area contributed by atoms with Gasteiger partial charge in [-0.1, -0.05) is 18.2 Å². The van der Waals surface area contributed by atoms with Crippen molar-refractivity contribution in [1.29, 1.82) is 0 Å². The van der Waals surface area contributed by atoms with E-state index in [-0.39, 0.29) is 17.2 Å². The van der Waals surface area contributed by atoms with E-state index in [0.29, 0.717) is 10.9 Å². The van der Waals surface area contributed by atoms with Gasteiger partial charge in [0.25, 0.3) is 0 Å². The zero-order valence-electron chi connectivity index (χ0n) is 9.71. The van der Waals surface area contributed by atoms with Crippen molar-refractivity contribution in [2.75, 3.05) is 7.11 Å². The van der Waals surface area contributed by atoms with Gasteiger partial charge in [-0.15, -0.1) is 0 Å². The number of rotatable bonds is 1. The smallest absolute Gasteiger partial charge is 0.201 e. The van der Waals surface area contributed by atoms with Crippen molar-refractivity contribution in [3.63, 3.8) is 0 Å². The molecule has 0 fully saturated rings. The molecule has 0 atom stereocenters. The number of benzene rings is 2. The van der Waals surface area contributed by atoms with Crippen LogP contribution in [0.2, 0.25) is 0 Å². The molecule has 0 saturated carbocycles. The first-order chi connectivity index (χ1) is 8.70. The van der Waals surface area contributed by atoms with E-state index in [0.717, 1.165) is 10.9 Å². The molecule has 0 spiro atoms. The zero-order chi connectivity index (χ0) is 12.7. The topological polar surface area (TPSA) is 62.6 Å². The molecule has 4 heteroatoms. The largest absolute Gasteiger partial charge is 0.504 e. The van der Waals surface area contributed by atoms with Crippen LogP contribution in [0.5, 0.6) is 17.2 Å². The highest BCUT2D eigenvalue weighted by Crippen LogP contribution is 2.41. The summed E-state index contributed by atoms with van der Waals surface area (Å²) in [6.07, 6.45) is 0. The van der Waals surface area contributed by atoms with Crippen molar-refractivity contribution in [2.24, 2.45) is 0 Å². The summed E-state index contributed by atoms with van der Waals surface area (Å²) in [5.41, 5.74) is 1.41. The van der Waals surface area contributed by atoms with Gasteiger partial charge in [0.15, 0.2) is 11.5 Å². The number of pyridine rings is 1. The number of ether oxygens (including phenoxy) is 1. The zero-order valence-corrected chi connectivity index (χ0v) is 9.71. The van der Waals surface area contributed by atoms with E-state index in [4.69, 9.17) is 4.74 Å². The summed E-state index contributed by atoms with van der Waals surface area (Å²) in [5, 5.41) is 21.1. The van der Waals surface area contributed by atoms with E-state index >= 15 is 0 Å². The maximum atomic E-state index is 9.96. The van der Waals surface area contributed by atoms with Crippen LogP contribution >= 0.6 is 0 Å². The fraction of sp³-hybridized carbons (Fsp3) is 0.0714. The van der Waals surface area contributed by atoms with Crippen LogP contribution in [0.3, 0.4) is 0 Å². The van der Waals surface area contributed by atoms with Crippen LogP contribution in [-0.2, 0) is 0 Å². The number of aromatic nitrogens is 1. The average molecular weight is 241 g/mol. The molecule has 0 bridgehead atoms. The summed E-state index contributed by atoms with van der Waals surface area (Å²) in [4.78, 5) is 4.44. The molecule has 0 aliphatic heterocycles. The highest BCUT2D eigenvalue weighted by Gasteiger charge is 2.13. The Kier molecular flexibility index (Phi) is 2.23. The maximum Gasteiger partial charge on any atom is 0.201 e. The Morgan fingerprint density at radius 2 is 1.78 bits per heavy atom. The molecule has 1 aromatic heterocycles. The van der Waals surface area contributed by atoms with Crippen molar-refractivity contribution >= 4 is 21.8 Å². The van der Waals surface area contributed by atoms with Crippen LogP contribution in [0.4, 0.5) is 0 Å². The third-order valence-corrected chi connectivity index (χ3v) is 2.95. The lowest BCUT2D eigenvalue weighted by molar-refractivity contribution is 0.353. The monoisotopic (exact) mass is 241 g/mol. The molecular weight excluding hydrogens is 230 g/mol. The first-order valence-electron chi connectivity index (χ1n) is 5.49. The van der Waals surface area contributed by atoms with E-state index in [1.54, 1.807) is 12.1 Å². The molecule has 18 heavy (non-hydrogen) atoms. The fourth-order valence-electron chi connectivity index (χ4n) is 2.02. The van der Waals surface area contributed by atoms with Gasteiger partial charge >= 0.3 is 0 Å². The molecular formula is C14H11NO3. The van der Waals surface area contributed by atoms with E-state index < -0.39 is 0 Å². The SMILES string of the molecule is COc1cc2nc3ccccc3cc2c(O)c1O. The first kappa shape index (κ1) is 10.7. The van der Waals surface area contributed by atoms with Crippen molar-refractivity contribution < 1.29 is 14.9 Å². The predicted molar refractivity (Wildman–Crippen MR) is 69.1 cm³/mol. The molecule has 0 aliphatic carbocycles. The number of nitrogens with zero attached hydrogens (tertiary/aromatic N) is 1. The van der Waals surface area contributed by atoms with Gasteiger partial charge in [0.2, 0.25) is 5.75 Å². The normalized spacial score (nSPS) is 10.9. The molecule has 2 N–H and O–H groups in total. The molecule has 3 aromatic rings. The van der Waals surface area contributed by atoms with Crippen LogP contribution < -0.4 is 4.74 Å².